The first-order valence-corrected chi connectivity index (χ1v) is 3.94. The van der Waals surface area contributed by atoms with E-state index in [1.807, 2.05) is 12.2 Å². The fourth-order valence-electron chi connectivity index (χ4n) is 0.287. The molecule has 0 radical (unpaired) electrons. The molecule has 0 saturated heterocycles. The maximum absolute atomic E-state index is 8.67. The topological polar surface area (TPSA) is 69.6 Å². The van der Waals surface area contributed by atoms with Gasteiger partial charge in [0.1, 0.15) is 0 Å². The molecule has 4 nitrogen and oxygen atoms in total. The molecule has 0 aliphatic rings. The van der Waals surface area contributed by atoms with Crippen LogP contribution >= 0.6 is 0 Å². The minimum absolute atomic E-state index is 0.867. The Balaban J connectivity index is 0. The van der Waals surface area contributed by atoms with E-state index in [0.29, 0.717) is 0 Å². The molecule has 0 aromatic rings. The standard InChI is InChI=1S/C6H11N.H2O3S/c1-3-5-7-6-4-2;1-4(2)3/h3-4,7H,1-2,5-6H2;(H2,1,2,3). The van der Waals surface area contributed by atoms with Crippen molar-refractivity contribution in [2.75, 3.05) is 13.1 Å². The number of hydrogen-bond acceptors (Lipinski definition) is 2. The molecule has 11 heavy (non-hydrogen) atoms. The van der Waals surface area contributed by atoms with Crippen LogP contribution in [0.25, 0.3) is 0 Å². The first-order chi connectivity index (χ1) is 5.15. The lowest BCUT2D eigenvalue weighted by atomic mass is 10.5. The monoisotopic (exact) mass is 179 g/mol. The highest BCUT2D eigenvalue weighted by molar-refractivity contribution is 7.73. The van der Waals surface area contributed by atoms with Crippen LogP contribution in [0.3, 0.4) is 0 Å². The Morgan fingerprint density at radius 3 is 1.73 bits per heavy atom. The summed E-state index contributed by atoms with van der Waals surface area (Å²) in [7, 11) is 0. The molecule has 5 heteroatoms. The SMILES string of the molecule is C=CCNCC=C.O=S(O)O. The van der Waals surface area contributed by atoms with Crippen molar-refractivity contribution in [1.82, 2.24) is 5.32 Å². The number of hydrogen-bond donors (Lipinski definition) is 3. The molecule has 0 aliphatic carbocycles. The highest BCUT2D eigenvalue weighted by atomic mass is 32.2. The van der Waals surface area contributed by atoms with Crippen LogP contribution in [0.1, 0.15) is 0 Å². The number of rotatable bonds is 4. The summed E-state index contributed by atoms with van der Waals surface area (Å²) in [5, 5.41) is 3.05. The third kappa shape index (κ3) is 43.5. The van der Waals surface area contributed by atoms with Gasteiger partial charge in [-0.2, -0.15) is 4.21 Å². The van der Waals surface area contributed by atoms with Gasteiger partial charge in [-0.1, -0.05) is 12.2 Å². The quantitative estimate of drug-likeness (QED) is 0.336. The van der Waals surface area contributed by atoms with Crippen LogP contribution in [0, 0.1) is 0 Å². The van der Waals surface area contributed by atoms with Gasteiger partial charge in [-0.3, -0.25) is 9.11 Å². The molecule has 0 atom stereocenters. The van der Waals surface area contributed by atoms with Crippen molar-refractivity contribution in [3.63, 3.8) is 0 Å². The maximum atomic E-state index is 8.67. The molecule has 0 rings (SSSR count). The van der Waals surface area contributed by atoms with Gasteiger partial charge in [-0.05, 0) is 0 Å². The van der Waals surface area contributed by atoms with Gasteiger partial charge in [-0.25, -0.2) is 0 Å². The molecular formula is C6H13NO3S. The molecule has 0 bridgehead atoms. The Morgan fingerprint density at radius 2 is 1.55 bits per heavy atom. The molecule has 0 unspecified atom stereocenters. The third-order valence-electron chi connectivity index (χ3n) is 0.577. The van der Waals surface area contributed by atoms with Crippen LogP contribution in [0.5, 0.6) is 0 Å². The van der Waals surface area contributed by atoms with Gasteiger partial charge in [-0.15, -0.1) is 13.2 Å². The lowest BCUT2D eigenvalue weighted by molar-refractivity contribution is 0.454. The molecule has 0 aliphatic heterocycles. The Kier molecular flexibility index (Phi) is 14.6. The summed E-state index contributed by atoms with van der Waals surface area (Å²) in [4.78, 5) is 0. The average Bonchev–Trinajstić information content (AvgIpc) is 1.88. The normalized spacial score (nSPS) is 8.27. The molecular weight excluding hydrogens is 166 g/mol. The fourth-order valence-corrected chi connectivity index (χ4v) is 0.287. The van der Waals surface area contributed by atoms with Crippen molar-refractivity contribution in [2.45, 2.75) is 0 Å². The van der Waals surface area contributed by atoms with Crippen molar-refractivity contribution in [1.29, 1.82) is 0 Å². The molecule has 66 valence electrons. The predicted molar refractivity (Wildman–Crippen MR) is 46.7 cm³/mol. The van der Waals surface area contributed by atoms with Crippen LogP contribution in [0.4, 0.5) is 0 Å². The van der Waals surface area contributed by atoms with Gasteiger partial charge < -0.3 is 5.32 Å². The summed E-state index contributed by atoms with van der Waals surface area (Å²) < 4.78 is 22.8. The van der Waals surface area contributed by atoms with E-state index in [1.165, 1.54) is 0 Å². The predicted octanol–water partition coefficient (Wildman–Crippen LogP) is 0.629. The van der Waals surface area contributed by atoms with Crippen molar-refractivity contribution >= 4 is 11.4 Å². The van der Waals surface area contributed by atoms with Gasteiger partial charge in [0.15, 0.2) is 0 Å². The molecule has 0 saturated carbocycles. The fraction of sp³-hybridized carbons (Fsp3) is 0.333. The van der Waals surface area contributed by atoms with Crippen molar-refractivity contribution < 1.29 is 13.3 Å². The van der Waals surface area contributed by atoms with Crippen LogP contribution in [-0.2, 0) is 11.4 Å². The molecule has 0 aromatic carbocycles. The minimum Gasteiger partial charge on any atom is -0.310 e. The lowest BCUT2D eigenvalue weighted by Crippen LogP contribution is -2.11. The zero-order valence-electron chi connectivity index (χ0n) is 6.19. The second-order valence-electron chi connectivity index (χ2n) is 1.47. The Hall–Kier alpha value is -0.490. The van der Waals surface area contributed by atoms with Gasteiger partial charge >= 0.3 is 0 Å². The van der Waals surface area contributed by atoms with E-state index >= 15 is 0 Å². The van der Waals surface area contributed by atoms with Crippen molar-refractivity contribution in [2.24, 2.45) is 0 Å². The Morgan fingerprint density at radius 1 is 1.27 bits per heavy atom. The zero-order valence-corrected chi connectivity index (χ0v) is 7.01. The average molecular weight is 179 g/mol. The van der Waals surface area contributed by atoms with Crippen LogP contribution in [-0.4, -0.2) is 26.4 Å². The first kappa shape index (κ1) is 13.1. The maximum Gasteiger partial charge on any atom is 0.299 e. The second kappa shape index (κ2) is 12.2. The summed E-state index contributed by atoms with van der Waals surface area (Å²) in [5.41, 5.74) is 0. The lowest BCUT2D eigenvalue weighted by Gasteiger charge is -1.90. The Bertz CT molecular complexity index is 115. The van der Waals surface area contributed by atoms with E-state index in [4.69, 9.17) is 13.3 Å². The van der Waals surface area contributed by atoms with Gasteiger partial charge in [0.05, 0.1) is 0 Å². The number of nitrogens with one attached hydrogen (secondary N) is 1. The molecule has 0 heterocycles. The van der Waals surface area contributed by atoms with E-state index in [1.54, 1.807) is 0 Å². The van der Waals surface area contributed by atoms with Gasteiger partial charge in [0.25, 0.3) is 11.4 Å². The van der Waals surface area contributed by atoms with Crippen LogP contribution < -0.4 is 5.32 Å². The van der Waals surface area contributed by atoms with Crippen LogP contribution in [0.15, 0.2) is 25.3 Å². The molecule has 0 fully saturated rings. The summed E-state index contributed by atoms with van der Waals surface area (Å²) >= 11 is -2.61. The highest BCUT2D eigenvalue weighted by Crippen LogP contribution is 1.59. The molecule has 0 aromatic heterocycles. The van der Waals surface area contributed by atoms with Gasteiger partial charge in [0, 0.05) is 13.1 Å². The van der Waals surface area contributed by atoms with Gasteiger partial charge in [0.2, 0.25) is 0 Å². The summed E-state index contributed by atoms with van der Waals surface area (Å²) in [6.07, 6.45) is 3.65. The molecule has 0 spiro atoms. The Labute approximate surface area is 69.1 Å². The van der Waals surface area contributed by atoms with E-state index in [9.17, 15) is 0 Å². The van der Waals surface area contributed by atoms with E-state index in [-0.39, 0.29) is 0 Å². The molecule has 0 amide bonds. The zero-order chi connectivity index (χ0) is 9.11. The smallest absolute Gasteiger partial charge is 0.299 e. The second-order valence-corrected chi connectivity index (χ2v) is 1.93. The van der Waals surface area contributed by atoms with Crippen molar-refractivity contribution in [3.05, 3.63) is 25.3 Å². The van der Waals surface area contributed by atoms with E-state index < -0.39 is 11.4 Å². The van der Waals surface area contributed by atoms with Crippen molar-refractivity contribution in [3.8, 4) is 0 Å². The highest BCUT2D eigenvalue weighted by Gasteiger charge is 1.69. The summed E-state index contributed by atoms with van der Waals surface area (Å²) in [6, 6.07) is 0. The first-order valence-electron chi connectivity index (χ1n) is 2.87. The third-order valence-corrected chi connectivity index (χ3v) is 0.577. The summed E-state index contributed by atoms with van der Waals surface area (Å²) in [6.45, 7) is 8.81. The van der Waals surface area contributed by atoms with E-state index in [2.05, 4.69) is 18.5 Å². The van der Waals surface area contributed by atoms with E-state index in [0.717, 1.165) is 13.1 Å². The molecule has 3 N–H and O–H groups in total. The summed E-state index contributed by atoms with van der Waals surface area (Å²) in [5.74, 6) is 0. The van der Waals surface area contributed by atoms with Crippen LogP contribution in [0.2, 0.25) is 0 Å². The largest absolute Gasteiger partial charge is 0.310 e. The minimum atomic E-state index is -2.61.